The molecule has 0 bridgehead atoms. The minimum absolute atomic E-state index is 0.0597. The number of benzene rings is 1. The van der Waals surface area contributed by atoms with Gasteiger partial charge in [0, 0.05) is 19.2 Å². The predicted molar refractivity (Wildman–Crippen MR) is 71.3 cm³/mol. The number of nitrogens with one attached hydrogen (secondary N) is 1. The maximum Gasteiger partial charge on any atom is 0.221 e. The lowest BCUT2D eigenvalue weighted by atomic mass is 10.2. The number of amides is 1. The monoisotopic (exact) mass is 224 g/mol. The molecule has 0 aliphatic rings. The summed E-state index contributed by atoms with van der Waals surface area (Å²) in [5.41, 5.74) is 7.28. The van der Waals surface area contributed by atoms with E-state index >= 15 is 0 Å². The number of anilines is 1. The molecule has 3 N–H and O–H groups in total. The second-order valence-corrected chi connectivity index (χ2v) is 2.58. The first-order valence-corrected chi connectivity index (χ1v) is 5.79. The summed E-state index contributed by atoms with van der Waals surface area (Å²) in [6, 6.07) is 7.46. The predicted octanol–water partition coefficient (Wildman–Crippen LogP) is 3.16. The Kier molecular flexibility index (Phi) is 12.5. The number of rotatable bonds is 2. The van der Waals surface area contributed by atoms with Crippen molar-refractivity contribution in [1.29, 1.82) is 0 Å². The van der Waals surface area contributed by atoms with Crippen LogP contribution in [-0.2, 0) is 11.3 Å². The molecule has 0 fully saturated rings. The topological polar surface area (TPSA) is 55.1 Å². The maximum absolute atomic E-state index is 10.6. The molecule has 0 aliphatic heterocycles. The van der Waals surface area contributed by atoms with Crippen LogP contribution in [0.2, 0.25) is 0 Å². The van der Waals surface area contributed by atoms with E-state index in [1.54, 1.807) is 0 Å². The zero-order valence-electron chi connectivity index (χ0n) is 11.0. The van der Waals surface area contributed by atoms with Crippen molar-refractivity contribution >= 4 is 11.6 Å². The van der Waals surface area contributed by atoms with Crippen molar-refractivity contribution in [2.24, 2.45) is 5.73 Å². The van der Waals surface area contributed by atoms with Crippen molar-refractivity contribution in [3.63, 3.8) is 0 Å². The Morgan fingerprint density at radius 1 is 1.12 bits per heavy atom. The van der Waals surface area contributed by atoms with E-state index in [2.05, 4.69) is 5.32 Å². The highest BCUT2D eigenvalue weighted by Gasteiger charge is 1.94. The largest absolute Gasteiger partial charge is 0.326 e. The number of hydrogen-bond acceptors (Lipinski definition) is 2. The fourth-order valence-corrected chi connectivity index (χ4v) is 0.927. The van der Waals surface area contributed by atoms with Gasteiger partial charge in [0.15, 0.2) is 0 Å². The van der Waals surface area contributed by atoms with E-state index in [0.717, 1.165) is 11.3 Å². The van der Waals surface area contributed by atoms with Crippen LogP contribution < -0.4 is 11.1 Å². The lowest BCUT2D eigenvalue weighted by Gasteiger charge is -2.01. The van der Waals surface area contributed by atoms with Crippen molar-refractivity contribution in [2.45, 2.75) is 41.2 Å². The average molecular weight is 224 g/mol. The Morgan fingerprint density at radius 2 is 1.56 bits per heavy atom. The summed E-state index contributed by atoms with van der Waals surface area (Å²) < 4.78 is 0. The van der Waals surface area contributed by atoms with E-state index in [1.807, 2.05) is 52.0 Å². The lowest BCUT2D eigenvalue weighted by Crippen LogP contribution is -2.05. The first kappa shape index (κ1) is 17.1. The standard InChI is InChI=1S/C9H12N2O.2C2H6/c1-7(12)11-9-4-2-8(6-10)3-5-9;2*1-2/h2-5H,6,10H2,1H3,(H,11,12);2*1-2H3. The summed E-state index contributed by atoms with van der Waals surface area (Å²) in [6.45, 7) is 10.0. The minimum atomic E-state index is -0.0597. The molecule has 0 heterocycles. The summed E-state index contributed by atoms with van der Waals surface area (Å²) in [4.78, 5) is 10.6. The van der Waals surface area contributed by atoms with Crippen LogP contribution in [0.15, 0.2) is 24.3 Å². The third kappa shape index (κ3) is 8.00. The molecule has 0 spiro atoms. The smallest absolute Gasteiger partial charge is 0.221 e. The molecule has 3 heteroatoms. The summed E-state index contributed by atoms with van der Waals surface area (Å²) in [6.07, 6.45) is 0. The molecule has 92 valence electrons. The summed E-state index contributed by atoms with van der Waals surface area (Å²) >= 11 is 0. The maximum atomic E-state index is 10.6. The number of hydrogen-bond donors (Lipinski definition) is 2. The van der Waals surface area contributed by atoms with Crippen LogP contribution in [0.3, 0.4) is 0 Å². The van der Waals surface area contributed by atoms with Crippen molar-refractivity contribution < 1.29 is 4.79 Å². The SMILES string of the molecule is CC.CC.CC(=O)Nc1ccc(CN)cc1. The van der Waals surface area contributed by atoms with Gasteiger partial charge in [-0.3, -0.25) is 4.79 Å². The van der Waals surface area contributed by atoms with Gasteiger partial charge in [-0.25, -0.2) is 0 Å². The molecule has 1 amide bonds. The fourth-order valence-electron chi connectivity index (χ4n) is 0.927. The Morgan fingerprint density at radius 3 is 1.88 bits per heavy atom. The van der Waals surface area contributed by atoms with Gasteiger partial charge in [-0.2, -0.15) is 0 Å². The molecule has 0 saturated carbocycles. The molecule has 1 rings (SSSR count). The zero-order valence-corrected chi connectivity index (χ0v) is 11.0. The molecule has 0 unspecified atom stereocenters. The normalized spacial score (nSPS) is 7.88. The van der Waals surface area contributed by atoms with E-state index in [9.17, 15) is 4.79 Å². The highest BCUT2D eigenvalue weighted by molar-refractivity contribution is 5.88. The molecule has 1 aromatic carbocycles. The van der Waals surface area contributed by atoms with Gasteiger partial charge in [-0.1, -0.05) is 39.8 Å². The van der Waals surface area contributed by atoms with Crippen LogP contribution in [0, 0.1) is 0 Å². The molecule has 0 radical (unpaired) electrons. The number of nitrogens with two attached hydrogens (primary N) is 1. The van der Waals surface area contributed by atoms with Gasteiger partial charge in [0.25, 0.3) is 0 Å². The average Bonchev–Trinajstić information content (AvgIpc) is 2.34. The Labute approximate surface area is 99.0 Å². The second kappa shape index (κ2) is 11.7. The first-order valence-electron chi connectivity index (χ1n) is 5.79. The van der Waals surface area contributed by atoms with Crippen LogP contribution in [0.4, 0.5) is 5.69 Å². The quantitative estimate of drug-likeness (QED) is 0.810. The van der Waals surface area contributed by atoms with Crippen molar-refractivity contribution in [2.75, 3.05) is 5.32 Å². The number of carbonyl (C=O) groups excluding carboxylic acids is 1. The second-order valence-electron chi connectivity index (χ2n) is 2.58. The molecule has 3 nitrogen and oxygen atoms in total. The molecule has 0 saturated heterocycles. The highest BCUT2D eigenvalue weighted by atomic mass is 16.1. The molecule has 0 aromatic heterocycles. The van der Waals surface area contributed by atoms with Gasteiger partial charge >= 0.3 is 0 Å². The van der Waals surface area contributed by atoms with Crippen LogP contribution in [0.5, 0.6) is 0 Å². The van der Waals surface area contributed by atoms with Gasteiger partial charge in [0.1, 0.15) is 0 Å². The Bertz CT molecular complexity index is 268. The third-order valence-electron chi connectivity index (χ3n) is 1.51. The Hall–Kier alpha value is -1.35. The van der Waals surface area contributed by atoms with Gasteiger partial charge in [-0.15, -0.1) is 0 Å². The minimum Gasteiger partial charge on any atom is -0.326 e. The zero-order chi connectivity index (χ0) is 13.0. The molecule has 16 heavy (non-hydrogen) atoms. The van der Waals surface area contributed by atoms with E-state index in [-0.39, 0.29) is 5.91 Å². The molecular formula is C13H24N2O. The summed E-state index contributed by atoms with van der Waals surface area (Å²) in [7, 11) is 0. The molecular weight excluding hydrogens is 200 g/mol. The van der Waals surface area contributed by atoms with E-state index in [1.165, 1.54) is 6.92 Å². The van der Waals surface area contributed by atoms with Gasteiger partial charge < -0.3 is 11.1 Å². The summed E-state index contributed by atoms with van der Waals surface area (Å²) in [5, 5.41) is 2.68. The summed E-state index contributed by atoms with van der Waals surface area (Å²) in [5.74, 6) is -0.0597. The van der Waals surface area contributed by atoms with Crippen molar-refractivity contribution in [3.05, 3.63) is 29.8 Å². The van der Waals surface area contributed by atoms with Crippen LogP contribution in [0.1, 0.15) is 40.2 Å². The molecule has 0 atom stereocenters. The molecule has 1 aromatic rings. The third-order valence-corrected chi connectivity index (χ3v) is 1.51. The van der Waals surface area contributed by atoms with Crippen LogP contribution in [0.25, 0.3) is 0 Å². The van der Waals surface area contributed by atoms with Crippen LogP contribution in [-0.4, -0.2) is 5.91 Å². The van der Waals surface area contributed by atoms with Gasteiger partial charge in [0.2, 0.25) is 5.91 Å². The highest BCUT2D eigenvalue weighted by Crippen LogP contribution is 2.08. The van der Waals surface area contributed by atoms with Crippen molar-refractivity contribution in [3.8, 4) is 0 Å². The van der Waals surface area contributed by atoms with Gasteiger partial charge in [-0.05, 0) is 17.7 Å². The van der Waals surface area contributed by atoms with E-state index in [0.29, 0.717) is 6.54 Å². The number of carbonyl (C=O) groups is 1. The molecule has 0 aliphatic carbocycles. The van der Waals surface area contributed by atoms with Crippen LogP contribution >= 0.6 is 0 Å². The first-order chi connectivity index (χ1) is 7.72. The van der Waals surface area contributed by atoms with E-state index in [4.69, 9.17) is 5.73 Å². The fraction of sp³-hybridized carbons (Fsp3) is 0.462. The van der Waals surface area contributed by atoms with Crippen molar-refractivity contribution in [1.82, 2.24) is 0 Å². The van der Waals surface area contributed by atoms with Gasteiger partial charge in [0.05, 0.1) is 0 Å². The van der Waals surface area contributed by atoms with E-state index < -0.39 is 0 Å². The lowest BCUT2D eigenvalue weighted by molar-refractivity contribution is -0.114. The Balaban J connectivity index is 0.